The molecule has 10 heteroatoms. The average Bonchev–Trinajstić information content (AvgIpc) is 3.41. The lowest BCUT2D eigenvalue weighted by atomic mass is 9.52. The van der Waals surface area contributed by atoms with Gasteiger partial charge in [0.15, 0.2) is 17.5 Å². The fourth-order valence-corrected chi connectivity index (χ4v) is 9.56. The van der Waals surface area contributed by atoms with Gasteiger partial charge in [-0.25, -0.2) is 4.79 Å². The van der Waals surface area contributed by atoms with Crippen molar-refractivity contribution in [2.75, 3.05) is 0 Å². The molecule has 11 atom stereocenters. The number of aromatic nitrogens is 1. The molecule has 3 heterocycles. The molecular formula is C25H35NO9. The van der Waals surface area contributed by atoms with Crippen molar-refractivity contribution >= 4 is 5.97 Å². The lowest BCUT2D eigenvalue weighted by molar-refractivity contribution is -0.390. The molecule has 4 saturated carbocycles. The van der Waals surface area contributed by atoms with Crippen molar-refractivity contribution in [3.8, 4) is 0 Å². The van der Waals surface area contributed by atoms with E-state index in [4.69, 9.17) is 9.47 Å². The number of H-pyrrole nitrogens is 1. The van der Waals surface area contributed by atoms with Crippen LogP contribution in [0.25, 0.3) is 0 Å². The Morgan fingerprint density at radius 2 is 1.86 bits per heavy atom. The van der Waals surface area contributed by atoms with Crippen LogP contribution in [0.5, 0.6) is 0 Å². The van der Waals surface area contributed by atoms with Gasteiger partial charge in [0.25, 0.3) is 0 Å². The number of carbonyl (C=O) groups excluding carboxylic acids is 1. The van der Waals surface area contributed by atoms with Crippen LogP contribution >= 0.6 is 0 Å². The molecule has 7 rings (SSSR count). The molecule has 6 fully saturated rings. The maximum Gasteiger partial charge on any atom is 0.355 e. The third-order valence-electron chi connectivity index (χ3n) is 11.3. The lowest BCUT2D eigenvalue weighted by Gasteiger charge is -2.60. The van der Waals surface area contributed by atoms with Gasteiger partial charge in [-0.3, -0.25) is 0 Å². The largest absolute Gasteiger partial charge is 0.451 e. The number of esters is 1. The molecule has 4 aliphatic carbocycles. The minimum atomic E-state index is -2.59. The number of nitrogens with one attached hydrogen (secondary N) is 1. The fraction of sp³-hybridized carbons (Fsp3) is 0.800. The van der Waals surface area contributed by atoms with Crippen LogP contribution in [-0.4, -0.2) is 87.6 Å². The Kier molecular flexibility index (Phi) is 4.06. The first-order chi connectivity index (χ1) is 16.0. The van der Waals surface area contributed by atoms with Crippen LogP contribution in [0.3, 0.4) is 0 Å². The van der Waals surface area contributed by atoms with Crippen LogP contribution in [0.2, 0.25) is 0 Å². The zero-order valence-corrected chi connectivity index (χ0v) is 20.6. The number of hydrogen-bond acceptors (Lipinski definition) is 9. The Morgan fingerprint density at radius 3 is 2.43 bits per heavy atom. The highest BCUT2D eigenvalue weighted by Crippen LogP contribution is 2.90. The molecule has 6 aliphatic rings. The van der Waals surface area contributed by atoms with Crippen LogP contribution in [0, 0.1) is 22.7 Å². The molecular weight excluding hydrogens is 458 g/mol. The molecule has 0 amide bonds. The highest BCUT2D eigenvalue weighted by atomic mass is 16.7. The topological polar surface area (TPSA) is 173 Å². The van der Waals surface area contributed by atoms with Crippen molar-refractivity contribution in [3.63, 3.8) is 0 Å². The first-order valence-electron chi connectivity index (χ1n) is 12.4. The van der Waals surface area contributed by atoms with Crippen LogP contribution in [-0.2, 0) is 9.47 Å². The van der Waals surface area contributed by atoms with Crippen LogP contribution in [0.15, 0.2) is 18.3 Å². The van der Waals surface area contributed by atoms with Crippen molar-refractivity contribution in [2.45, 2.75) is 99.9 Å². The van der Waals surface area contributed by atoms with E-state index in [0.717, 1.165) is 0 Å². The standard InChI is InChI=1S/C25H35NO9/c1-12(2)22(31)17(34-16(28)14-7-6-10-26-14)23(32)18(4)11-21(30)19(22,5)25(23,33)24(35-21)15(27)13(3)8-9-20(18,24)29/h6-7,10,12-13,15,17,26-27,29-33H,8-9,11H2,1-5H3/t13-,15-,17-,18+,19+,20+,21+,22-,23-,24-,25-/m1/s1. The van der Waals surface area contributed by atoms with Gasteiger partial charge in [0.05, 0.1) is 11.5 Å². The first kappa shape index (κ1) is 23.8. The van der Waals surface area contributed by atoms with E-state index >= 15 is 0 Å². The minimum Gasteiger partial charge on any atom is -0.451 e. The molecule has 1 aromatic heterocycles. The average molecular weight is 494 g/mol. The van der Waals surface area contributed by atoms with Gasteiger partial charge < -0.3 is 45.1 Å². The van der Waals surface area contributed by atoms with Gasteiger partial charge in [0, 0.05) is 18.0 Å². The molecule has 0 unspecified atom stereocenters. The zero-order valence-electron chi connectivity index (χ0n) is 20.6. The summed E-state index contributed by atoms with van der Waals surface area (Å²) in [5, 5.41) is 73.9. The maximum absolute atomic E-state index is 13.2. The summed E-state index contributed by atoms with van der Waals surface area (Å²) in [5.74, 6) is -4.34. The van der Waals surface area contributed by atoms with E-state index < -0.39 is 74.6 Å². The second kappa shape index (κ2) is 5.96. The normalized spacial score (nSPS) is 59.8. The third kappa shape index (κ3) is 1.74. The Morgan fingerprint density at radius 1 is 1.20 bits per heavy atom. The number of carbonyl (C=O) groups is 1. The SMILES string of the molecule is CC(C)[C@@]1(O)[C@@H](OC(=O)c2ccc[nH]2)[C@@]2(O)[C@@]3(C)C[C@]4(O)O[C@@]5([C@H](O)[C@H](C)CC[C@]35O)[C@@]2(O)[C@]14C. The van der Waals surface area contributed by atoms with Crippen LogP contribution in [0.4, 0.5) is 0 Å². The number of aliphatic hydroxyl groups is 6. The molecule has 2 aliphatic heterocycles. The molecule has 194 valence electrons. The number of aromatic amines is 1. The summed E-state index contributed by atoms with van der Waals surface area (Å²) in [5.41, 5.74) is -15.2. The van der Waals surface area contributed by atoms with Crippen LogP contribution in [0.1, 0.15) is 64.4 Å². The third-order valence-corrected chi connectivity index (χ3v) is 11.3. The second-order valence-electron chi connectivity index (χ2n) is 12.4. The van der Waals surface area contributed by atoms with Gasteiger partial charge in [-0.2, -0.15) is 0 Å². The highest BCUT2D eigenvalue weighted by molar-refractivity contribution is 5.87. The summed E-state index contributed by atoms with van der Waals surface area (Å²) in [7, 11) is 0. The van der Waals surface area contributed by atoms with E-state index in [1.165, 1.54) is 26.1 Å². The van der Waals surface area contributed by atoms with Crippen molar-refractivity contribution in [3.05, 3.63) is 24.0 Å². The summed E-state index contributed by atoms with van der Waals surface area (Å²) in [4.78, 5) is 15.9. The van der Waals surface area contributed by atoms with E-state index in [1.54, 1.807) is 26.8 Å². The van der Waals surface area contributed by atoms with E-state index in [9.17, 15) is 35.4 Å². The van der Waals surface area contributed by atoms with E-state index in [1.807, 2.05) is 0 Å². The van der Waals surface area contributed by atoms with Crippen LogP contribution < -0.4 is 0 Å². The van der Waals surface area contributed by atoms with Gasteiger partial charge in [-0.15, -0.1) is 0 Å². The maximum atomic E-state index is 13.2. The lowest BCUT2D eigenvalue weighted by Crippen LogP contribution is -2.75. The molecule has 1 aromatic rings. The van der Waals surface area contributed by atoms with E-state index in [2.05, 4.69) is 4.98 Å². The molecule has 0 aromatic carbocycles. The molecule has 10 nitrogen and oxygen atoms in total. The number of rotatable bonds is 3. The Balaban J connectivity index is 1.69. The van der Waals surface area contributed by atoms with E-state index in [0.29, 0.717) is 6.42 Å². The summed E-state index contributed by atoms with van der Waals surface area (Å²) in [6.07, 6.45) is -1.63. The van der Waals surface area contributed by atoms with Gasteiger partial charge in [0.2, 0.25) is 0 Å². The Hall–Kier alpha value is -1.53. The predicted molar refractivity (Wildman–Crippen MR) is 119 cm³/mol. The first-order valence-corrected chi connectivity index (χ1v) is 12.4. The molecule has 2 saturated heterocycles. The number of ether oxygens (including phenoxy) is 2. The quantitative estimate of drug-likeness (QED) is 0.282. The fourth-order valence-electron chi connectivity index (χ4n) is 9.56. The Labute approximate surface area is 202 Å². The van der Waals surface area contributed by atoms with Crippen molar-refractivity contribution in [1.82, 2.24) is 4.98 Å². The zero-order chi connectivity index (χ0) is 25.8. The van der Waals surface area contributed by atoms with Crippen molar-refractivity contribution in [2.24, 2.45) is 22.7 Å². The molecule has 0 radical (unpaired) electrons. The second-order valence-corrected chi connectivity index (χ2v) is 12.4. The van der Waals surface area contributed by atoms with Crippen molar-refractivity contribution < 1.29 is 44.9 Å². The molecule has 7 N–H and O–H groups in total. The summed E-state index contributed by atoms with van der Waals surface area (Å²) in [6.45, 7) is 7.91. The van der Waals surface area contributed by atoms with Gasteiger partial charge in [-0.05, 0) is 43.7 Å². The molecule has 6 bridgehead atoms. The highest BCUT2D eigenvalue weighted by Gasteiger charge is 3.10. The van der Waals surface area contributed by atoms with E-state index in [-0.39, 0.29) is 18.5 Å². The minimum absolute atomic E-state index is 0.0654. The summed E-state index contributed by atoms with van der Waals surface area (Å²) < 4.78 is 12.1. The van der Waals surface area contributed by atoms with Crippen molar-refractivity contribution in [1.29, 1.82) is 0 Å². The van der Waals surface area contributed by atoms with Gasteiger partial charge >= 0.3 is 5.97 Å². The predicted octanol–water partition coefficient (Wildman–Crippen LogP) is -0.188. The monoisotopic (exact) mass is 493 g/mol. The summed E-state index contributed by atoms with van der Waals surface area (Å²) in [6, 6.07) is 3.06. The number of aliphatic hydroxyl groups excluding tert-OH is 1. The summed E-state index contributed by atoms with van der Waals surface area (Å²) >= 11 is 0. The number of hydrogen-bond donors (Lipinski definition) is 7. The van der Waals surface area contributed by atoms with Gasteiger partial charge in [0.1, 0.15) is 28.1 Å². The Bertz CT molecular complexity index is 1130. The van der Waals surface area contributed by atoms with Gasteiger partial charge in [-0.1, -0.05) is 27.7 Å². The smallest absolute Gasteiger partial charge is 0.355 e. The molecule has 1 spiro atoms. The molecule has 35 heavy (non-hydrogen) atoms.